The molecule has 3 rings (SSSR count). The van der Waals surface area contributed by atoms with Gasteiger partial charge in [-0.05, 0) is 82.8 Å². The highest BCUT2D eigenvalue weighted by Crippen LogP contribution is 2.26. The maximum Gasteiger partial charge on any atom is 0.125 e. The summed E-state index contributed by atoms with van der Waals surface area (Å²) in [5, 5.41) is 10.6. The van der Waals surface area contributed by atoms with Crippen LogP contribution in [-0.2, 0) is 0 Å². The Kier molecular flexibility index (Phi) is 6.96. The van der Waals surface area contributed by atoms with Crippen molar-refractivity contribution in [3.63, 3.8) is 0 Å². The zero-order chi connectivity index (χ0) is 18.5. The van der Waals surface area contributed by atoms with Crippen molar-refractivity contribution in [2.45, 2.75) is 65.0 Å². The molecule has 1 aromatic rings. The molecular formula is C22H36N2O2. The van der Waals surface area contributed by atoms with Gasteiger partial charge >= 0.3 is 0 Å². The molecule has 146 valence electrons. The average Bonchev–Trinajstić information content (AvgIpc) is 3.06. The Bertz CT molecular complexity index is 584. The van der Waals surface area contributed by atoms with Crippen LogP contribution in [0.15, 0.2) is 12.1 Å². The van der Waals surface area contributed by atoms with Crippen molar-refractivity contribution in [1.82, 2.24) is 9.80 Å². The second-order valence-electron chi connectivity index (χ2n) is 8.27. The number of likely N-dealkylation sites (tertiary alicyclic amines) is 2. The summed E-state index contributed by atoms with van der Waals surface area (Å²) >= 11 is 0. The highest BCUT2D eigenvalue weighted by molar-refractivity contribution is 5.44. The molecule has 2 aliphatic rings. The van der Waals surface area contributed by atoms with Crippen molar-refractivity contribution in [2.75, 3.05) is 39.3 Å². The van der Waals surface area contributed by atoms with E-state index in [1.807, 2.05) is 0 Å². The van der Waals surface area contributed by atoms with E-state index in [9.17, 15) is 5.11 Å². The number of piperidine rings is 1. The standard InChI is InChI=1S/C22H36N2O2/c1-17-9-10-18(2)22(19(17)3)26-16-21(25)15-24-13-7-8-20(24)14-23-11-5-4-6-12-23/h9-10,20-21,25H,4-8,11-16H2,1-3H3. The van der Waals surface area contributed by atoms with E-state index in [1.54, 1.807) is 0 Å². The van der Waals surface area contributed by atoms with Crippen LogP contribution in [0.2, 0.25) is 0 Å². The van der Waals surface area contributed by atoms with Crippen molar-refractivity contribution < 1.29 is 9.84 Å². The summed E-state index contributed by atoms with van der Waals surface area (Å²) in [6, 6.07) is 4.83. The number of hydrogen-bond donors (Lipinski definition) is 1. The van der Waals surface area contributed by atoms with Gasteiger partial charge in [0.15, 0.2) is 0 Å². The van der Waals surface area contributed by atoms with Gasteiger partial charge in [0.05, 0.1) is 0 Å². The molecule has 2 atom stereocenters. The molecule has 26 heavy (non-hydrogen) atoms. The lowest BCUT2D eigenvalue weighted by atomic mass is 10.1. The molecule has 2 unspecified atom stereocenters. The molecule has 0 aliphatic carbocycles. The Morgan fingerprint density at radius 3 is 2.54 bits per heavy atom. The van der Waals surface area contributed by atoms with Crippen molar-refractivity contribution in [3.05, 3.63) is 28.8 Å². The fourth-order valence-corrected chi connectivity index (χ4v) is 4.43. The number of hydrogen-bond acceptors (Lipinski definition) is 4. The molecule has 0 amide bonds. The molecule has 0 radical (unpaired) electrons. The zero-order valence-corrected chi connectivity index (χ0v) is 16.8. The Balaban J connectivity index is 1.49. The summed E-state index contributed by atoms with van der Waals surface area (Å²) in [4.78, 5) is 5.10. The third-order valence-electron chi connectivity index (χ3n) is 6.16. The predicted octanol–water partition coefficient (Wildman–Crippen LogP) is 3.30. The quantitative estimate of drug-likeness (QED) is 0.809. The van der Waals surface area contributed by atoms with E-state index in [2.05, 4.69) is 42.7 Å². The first-order chi connectivity index (χ1) is 12.5. The number of nitrogens with zero attached hydrogens (tertiary/aromatic N) is 2. The molecule has 2 fully saturated rings. The molecule has 0 saturated carbocycles. The fraction of sp³-hybridized carbons (Fsp3) is 0.727. The Morgan fingerprint density at radius 2 is 1.77 bits per heavy atom. The Labute approximate surface area is 159 Å². The Hall–Kier alpha value is -1.10. The van der Waals surface area contributed by atoms with Crippen LogP contribution in [0.5, 0.6) is 5.75 Å². The second kappa shape index (κ2) is 9.20. The van der Waals surface area contributed by atoms with Gasteiger partial charge in [-0.2, -0.15) is 0 Å². The first kappa shape index (κ1) is 19.7. The monoisotopic (exact) mass is 360 g/mol. The van der Waals surface area contributed by atoms with Gasteiger partial charge in [-0.25, -0.2) is 0 Å². The zero-order valence-electron chi connectivity index (χ0n) is 16.8. The lowest BCUT2D eigenvalue weighted by molar-refractivity contribution is 0.0551. The average molecular weight is 361 g/mol. The summed E-state index contributed by atoms with van der Waals surface area (Å²) in [6.07, 6.45) is 6.16. The first-order valence-electron chi connectivity index (χ1n) is 10.4. The molecule has 0 aromatic heterocycles. The third kappa shape index (κ3) is 4.99. The van der Waals surface area contributed by atoms with Crippen LogP contribution in [0.3, 0.4) is 0 Å². The topological polar surface area (TPSA) is 35.9 Å². The molecule has 2 heterocycles. The minimum absolute atomic E-state index is 0.373. The predicted molar refractivity (Wildman–Crippen MR) is 107 cm³/mol. The highest BCUT2D eigenvalue weighted by Gasteiger charge is 2.28. The summed E-state index contributed by atoms with van der Waals surface area (Å²) in [7, 11) is 0. The maximum absolute atomic E-state index is 10.6. The molecule has 2 saturated heterocycles. The molecular weight excluding hydrogens is 324 g/mol. The van der Waals surface area contributed by atoms with E-state index < -0.39 is 6.10 Å². The number of benzene rings is 1. The molecule has 1 aromatic carbocycles. The molecule has 1 N–H and O–H groups in total. The minimum atomic E-state index is -0.434. The maximum atomic E-state index is 10.6. The molecule has 2 aliphatic heterocycles. The van der Waals surface area contributed by atoms with Crippen LogP contribution >= 0.6 is 0 Å². The van der Waals surface area contributed by atoms with E-state index in [4.69, 9.17) is 4.74 Å². The van der Waals surface area contributed by atoms with E-state index >= 15 is 0 Å². The SMILES string of the molecule is Cc1ccc(C)c(OCC(O)CN2CCCC2CN2CCCCC2)c1C. The fourth-order valence-electron chi connectivity index (χ4n) is 4.43. The minimum Gasteiger partial charge on any atom is -0.490 e. The van der Waals surface area contributed by atoms with E-state index in [0.29, 0.717) is 12.6 Å². The van der Waals surface area contributed by atoms with Gasteiger partial charge in [0, 0.05) is 19.1 Å². The van der Waals surface area contributed by atoms with Gasteiger partial charge in [-0.1, -0.05) is 18.6 Å². The molecule has 0 spiro atoms. The normalized spacial score (nSPS) is 23.3. The van der Waals surface area contributed by atoms with Crippen molar-refractivity contribution in [1.29, 1.82) is 0 Å². The number of aliphatic hydroxyl groups excluding tert-OH is 1. The summed E-state index contributed by atoms with van der Waals surface area (Å²) in [6.45, 7) is 12.2. The summed E-state index contributed by atoms with van der Waals surface area (Å²) in [5.41, 5.74) is 3.56. The van der Waals surface area contributed by atoms with E-state index in [1.165, 1.54) is 62.9 Å². The lowest BCUT2D eigenvalue weighted by Crippen LogP contribution is -2.45. The lowest BCUT2D eigenvalue weighted by Gasteiger charge is -2.33. The van der Waals surface area contributed by atoms with Gasteiger partial charge < -0.3 is 14.7 Å². The van der Waals surface area contributed by atoms with Gasteiger partial charge in [-0.15, -0.1) is 0 Å². The van der Waals surface area contributed by atoms with Gasteiger partial charge in [0.2, 0.25) is 0 Å². The van der Waals surface area contributed by atoms with Crippen LogP contribution in [-0.4, -0.2) is 66.4 Å². The van der Waals surface area contributed by atoms with Crippen LogP contribution < -0.4 is 4.74 Å². The summed E-state index contributed by atoms with van der Waals surface area (Å²) < 4.78 is 6.02. The van der Waals surface area contributed by atoms with E-state index in [-0.39, 0.29) is 0 Å². The molecule has 4 heteroatoms. The second-order valence-corrected chi connectivity index (χ2v) is 8.27. The smallest absolute Gasteiger partial charge is 0.125 e. The molecule has 4 nitrogen and oxygen atoms in total. The largest absolute Gasteiger partial charge is 0.490 e. The van der Waals surface area contributed by atoms with E-state index in [0.717, 1.165) is 24.4 Å². The van der Waals surface area contributed by atoms with Gasteiger partial charge in [0.1, 0.15) is 18.5 Å². The Morgan fingerprint density at radius 1 is 1.04 bits per heavy atom. The van der Waals surface area contributed by atoms with Gasteiger partial charge in [-0.3, -0.25) is 4.90 Å². The highest BCUT2D eigenvalue weighted by atomic mass is 16.5. The van der Waals surface area contributed by atoms with Crippen molar-refractivity contribution >= 4 is 0 Å². The van der Waals surface area contributed by atoms with Crippen molar-refractivity contribution in [3.8, 4) is 5.75 Å². The number of β-amino-alcohol motifs (C(OH)–C–C–N with tert-alkyl or cyclic N) is 1. The number of rotatable bonds is 7. The molecule has 0 bridgehead atoms. The number of ether oxygens (including phenoxy) is 1. The van der Waals surface area contributed by atoms with Crippen LogP contribution in [0.25, 0.3) is 0 Å². The number of aliphatic hydroxyl groups is 1. The summed E-state index contributed by atoms with van der Waals surface area (Å²) in [5.74, 6) is 0.940. The number of aryl methyl sites for hydroxylation is 2. The van der Waals surface area contributed by atoms with Crippen molar-refractivity contribution in [2.24, 2.45) is 0 Å². The van der Waals surface area contributed by atoms with Crippen LogP contribution in [0.4, 0.5) is 0 Å². The van der Waals surface area contributed by atoms with Crippen LogP contribution in [0, 0.1) is 20.8 Å². The first-order valence-corrected chi connectivity index (χ1v) is 10.4. The van der Waals surface area contributed by atoms with Gasteiger partial charge in [0.25, 0.3) is 0 Å². The third-order valence-corrected chi connectivity index (χ3v) is 6.16. The van der Waals surface area contributed by atoms with Crippen LogP contribution in [0.1, 0.15) is 48.8 Å².